The second-order valence-corrected chi connectivity index (χ2v) is 6.02. The number of hydrogen-bond acceptors (Lipinski definition) is 7. The molecule has 0 unspecified atom stereocenters. The average molecular weight is 336 g/mol. The maximum Gasteiger partial charge on any atom is 0.250 e. The standard InChI is InChI=1S/C10H9Cl3N6O/c11-10(12,13)7-17-8(15)19-9(18-7)16-5-2-1-4(14)3-6(5)20/h1-3,20H,14H2,(H3,15,16,17,18,19). The Morgan fingerprint density at radius 2 is 1.80 bits per heavy atom. The van der Waals surface area contributed by atoms with E-state index in [1.54, 1.807) is 12.1 Å². The number of benzene rings is 1. The highest BCUT2D eigenvalue weighted by molar-refractivity contribution is 6.66. The first kappa shape index (κ1) is 14.7. The van der Waals surface area contributed by atoms with Crippen LogP contribution in [0.5, 0.6) is 5.75 Å². The van der Waals surface area contributed by atoms with Crippen molar-refractivity contribution in [3.05, 3.63) is 24.0 Å². The second kappa shape index (κ2) is 5.35. The Balaban J connectivity index is 2.36. The molecule has 2 aromatic rings. The number of nitrogen functional groups attached to an aromatic ring is 2. The topological polar surface area (TPSA) is 123 Å². The molecule has 106 valence electrons. The number of phenols is 1. The quantitative estimate of drug-likeness (QED) is 0.377. The molecule has 1 aromatic heterocycles. The molecule has 0 aliphatic carbocycles. The van der Waals surface area contributed by atoms with Gasteiger partial charge in [-0.25, -0.2) is 0 Å². The number of nitrogens with one attached hydrogen (secondary N) is 1. The van der Waals surface area contributed by atoms with Crippen molar-refractivity contribution in [1.82, 2.24) is 15.0 Å². The van der Waals surface area contributed by atoms with Crippen LogP contribution in [-0.2, 0) is 3.79 Å². The van der Waals surface area contributed by atoms with Crippen molar-refractivity contribution >= 4 is 58.1 Å². The van der Waals surface area contributed by atoms with Gasteiger partial charge in [-0.05, 0) is 12.1 Å². The van der Waals surface area contributed by atoms with E-state index in [0.717, 1.165) is 0 Å². The molecule has 2 rings (SSSR count). The van der Waals surface area contributed by atoms with Gasteiger partial charge in [-0.2, -0.15) is 15.0 Å². The predicted octanol–water partition coefficient (Wildman–Crippen LogP) is 2.31. The van der Waals surface area contributed by atoms with E-state index in [2.05, 4.69) is 20.3 Å². The number of halogens is 3. The van der Waals surface area contributed by atoms with Crippen LogP contribution in [0.1, 0.15) is 5.82 Å². The van der Waals surface area contributed by atoms with Gasteiger partial charge in [0.05, 0.1) is 5.69 Å². The second-order valence-electron chi connectivity index (χ2n) is 3.74. The minimum atomic E-state index is -1.84. The Morgan fingerprint density at radius 3 is 2.40 bits per heavy atom. The van der Waals surface area contributed by atoms with Gasteiger partial charge in [-0.15, -0.1) is 0 Å². The Hall–Kier alpha value is -1.70. The molecule has 0 aliphatic heterocycles. The Morgan fingerprint density at radius 1 is 1.10 bits per heavy atom. The molecule has 0 saturated heterocycles. The van der Waals surface area contributed by atoms with Crippen LogP contribution in [0.15, 0.2) is 18.2 Å². The van der Waals surface area contributed by atoms with Gasteiger partial charge in [0, 0.05) is 11.8 Å². The molecule has 0 spiro atoms. The Bertz CT molecular complexity index is 645. The van der Waals surface area contributed by atoms with Crippen molar-refractivity contribution in [2.75, 3.05) is 16.8 Å². The number of aromatic nitrogens is 3. The lowest BCUT2D eigenvalue weighted by molar-refractivity contribution is 0.478. The van der Waals surface area contributed by atoms with E-state index < -0.39 is 3.79 Å². The van der Waals surface area contributed by atoms with Crippen LogP contribution in [0, 0.1) is 0 Å². The fourth-order valence-electron chi connectivity index (χ4n) is 1.35. The zero-order chi connectivity index (χ0) is 14.9. The van der Waals surface area contributed by atoms with Crippen LogP contribution in [-0.4, -0.2) is 20.1 Å². The molecule has 0 fully saturated rings. The summed E-state index contributed by atoms with van der Waals surface area (Å²) < 4.78 is -1.84. The van der Waals surface area contributed by atoms with E-state index in [9.17, 15) is 5.11 Å². The van der Waals surface area contributed by atoms with Gasteiger partial charge in [0.1, 0.15) is 5.75 Å². The van der Waals surface area contributed by atoms with Crippen molar-refractivity contribution < 1.29 is 5.11 Å². The van der Waals surface area contributed by atoms with Crippen molar-refractivity contribution in [3.63, 3.8) is 0 Å². The van der Waals surface area contributed by atoms with Crippen LogP contribution in [0.4, 0.5) is 23.3 Å². The third-order valence-electron chi connectivity index (χ3n) is 2.17. The molecule has 1 heterocycles. The lowest BCUT2D eigenvalue weighted by Gasteiger charge is -2.12. The van der Waals surface area contributed by atoms with E-state index >= 15 is 0 Å². The lowest BCUT2D eigenvalue weighted by Crippen LogP contribution is -2.13. The van der Waals surface area contributed by atoms with Gasteiger partial charge >= 0.3 is 0 Å². The van der Waals surface area contributed by atoms with Crippen molar-refractivity contribution in [3.8, 4) is 5.75 Å². The number of phenolic OH excluding ortho intramolecular Hbond substituents is 1. The number of anilines is 4. The van der Waals surface area contributed by atoms with Crippen molar-refractivity contribution in [1.29, 1.82) is 0 Å². The fourth-order valence-corrected chi connectivity index (χ4v) is 1.60. The Kier molecular flexibility index (Phi) is 3.94. The maximum absolute atomic E-state index is 9.73. The van der Waals surface area contributed by atoms with Crippen molar-refractivity contribution in [2.45, 2.75) is 3.79 Å². The van der Waals surface area contributed by atoms with Crippen LogP contribution in [0.3, 0.4) is 0 Å². The maximum atomic E-state index is 9.73. The van der Waals surface area contributed by atoms with Gasteiger partial charge < -0.3 is 21.9 Å². The molecule has 6 N–H and O–H groups in total. The molecule has 1 aromatic carbocycles. The molecule has 0 atom stereocenters. The van der Waals surface area contributed by atoms with Gasteiger partial charge in [-0.1, -0.05) is 34.8 Å². The molecule has 0 bridgehead atoms. The minimum absolute atomic E-state index is 0.0268. The molecule has 7 nitrogen and oxygen atoms in total. The first-order valence-electron chi connectivity index (χ1n) is 5.20. The summed E-state index contributed by atoms with van der Waals surface area (Å²) in [5, 5.41) is 12.5. The predicted molar refractivity (Wildman–Crippen MR) is 79.3 cm³/mol. The number of rotatable bonds is 2. The summed E-state index contributed by atoms with van der Waals surface area (Å²) in [7, 11) is 0. The highest BCUT2D eigenvalue weighted by Crippen LogP contribution is 2.36. The molecule has 0 amide bonds. The third-order valence-corrected chi connectivity index (χ3v) is 2.68. The highest BCUT2D eigenvalue weighted by Gasteiger charge is 2.28. The molecule has 0 radical (unpaired) electrons. The van der Waals surface area contributed by atoms with Gasteiger partial charge in [0.25, 0.3) is 0 Å². The highest BCUT2D eigenvalue weighted by atomic mass is 35.6. The van der Waals surface area contributed by atoms with E-state index in [-0.39, 0.29) is 23.5 Å². The lowest BCUT2D eigenvalue weighted by atomic mass is 10.2. The summed E-state index contributed by atoms with van der Waals surface area (Å²) in [4.78, 5) is 11.5. The van der Waals surface area contributed by atoms with Crippen molar-refractivity contribution in [2.24, 2.45) is 0 Å². The smallest absolute Gasteiger partial charge is 0.250 e. The number of nitrogens with two attached hydrogens (primary N) is 2. The molecule has 20 heavy (non-hydrogen) atoms. The summed E-state index contributed by atoms with van der Waals surface area (Å²) in [6.45, 7) is 0. The zero-order valence-corrected chi connectivity index (χ0v) is 12.1. The number of nitrogens with zero attached hydrogens (tertiary/aromatic N) is 3. The summed E-state index contributed by atoms with van der Waals surface area (Å²) in [5.41, 5.74) is 11.8. The first-order valence-corrected chi connectivity index (χ1v) is 6.33. The first-order chi connectivity index (χ1) is 9.25. The van der Waals surface area contributed by atoms with Crippen LogP contribution >= 0.6 is 34.8 Å². The van der Waals surface area contributed by atoms with Crippen LogP contribution in [0.25, 0.3) is 0 Å². The van der Waals surface area contributed by atoms with E-state index in [0.29, 0.717) is 11.4 Å². The minimum Gasteiger partial charge on any atom is -0.506 e. The van der Waals surface area contributed by atoms with Gasteiger partial charge in [0.15, 0.2) is 5.82 Å². The number of alkyl halides is 3. The Labute approximate surface area is 128 Å². The van der Waals surface area contributed by atoms with Crippen LogP contribution in [0.2, 0.25) is 0 Å². The summed E-state index contributed by atoms with van der Waals surface area (Å²) in [5.74, 6) is -0.315. The molecular weight excluding hydrogens is 327 g/mol. The number of aromatic hydroxyl groups is 1. The normalized spacial score (nSPS) is 11.3. The van der Waals surface area contributed by atoms with E-state index in [4.69, 9.17) is 46.3 Å². The van der Waals surface area contributed by atoms with Gasteiger partial charge in [0.2, 0.25) is 15.7 Å². The van der Waals surface area contributed by atoms with Crippen LogP contribution < -0.4 is 16.8 Å². The average Bonchev–Trinajstić information content (AvgIpc) is 2.31. The fraction of sp³-hybridized carbons (Fsp3) is 0.100. The summed E-state index contributed by atoms with van der Waals surface area (Å²) in [6, 6.07) is 4.49. The summed E-state index contributed by atoms with van der Waals surface area (Å²) in [6.07, 6.45) is 0. The van der Waals surface area contributed by atoms with Gasteiger partial charge in [-0.3, -0.25) is 0 Å². The molecule has 10 heteroatoms. The molecular formula is C10H9Cl3N6O. The molecule has 0 aliphatic rings. The largest absolute Gasteiger partial charge is 0.506 e. The van der Waals surface area contributed by atoms with E-state index in [1.807, 2.05) is 0 Å². The summed E-state index contributed by atoms with van der Waals surface area (Å²) >= 11 is 17.1. The zero-order valence-electron chi connectivity index (χ0n) is 9.81. The SMILES string of the molecule is Nc1ccc(Nc2nc(N)nc(C(Cl)(Cl)Cl)n2)c(O)c1. The molecule has 0 saturated carbocycles. The number of hydrogen-bond donors (Lipinski definition) is 4. The monoisotopic (exact) mass is 334 g/mol. The van der Waals surface area contributed by atoms with E-state index in [1.165, 1.54) is 6.07 Å². The third kappa shape index (κ3) is 3.44.